The van der Waals surface area contributed by atoms with Gasteiger partial charge >= 0.3 is 0 Å². The number of amides is 1. The second kappa shape index (κ2) is 9.74. The van der Waals surface area contributed by atoms with Crippen molar-refractivity contribution in [3.05, 3.63) is 82.7 Å². The Morgan fingerprint density at radius 3 is 2.33 bits per heavy atom. The SMILES string of the molecule is O=C(NNC(=S)NCc1ccco1)c1ccc(NS(=O)(=O)c2ccc(Br)cc2)cc1. The van der Waals surface area contributed by atoms with E-state index in [1.807, 2.05) is 0 Å². The highest BCUT2D eigenvalue weighted by molar-refractivity contribution is 9.10. The lowest BCUT2D eigenvalue weighted by Gasteiger charge is -2.11. The normalized spacial score (nSPS) is 10.8. The van der Waals surface area contributed by atoms with Gasteiger partial charge in [0.25, 0.3) is 15.9 Å². The number of nitrogens with one attached hydrogen (secondary N) is 4. The molecule has 0 saturated carbocycles. The Morgan fingerprint density at radius 2 is 1.70 bits per heavy atom. The van der Waals surface area contributed by atoms with Crippen LogP contribution in [0.25, 0.3) is 0 Å². The minimum absolute atomic E-state index is 0.132. The maximum Gasteiger partial charge on any atom is 0.269 e. The number of hydrogen-bond donors (Lipinski definition) is 4. The fraction of sp³-hybridized carbons (Fsp3) is 0.0526. The Kier molecular flexibility index (Phi) is 7.08. The van der Waals surface area contributed by atoms with Gasteiger partial charge in [-0.15, -0.1) is 0 Å². The van der Waals surface area contributed by atoms with E-state index in [2.05, 4.69) is 36.8 Å². The van der Waals surface area contributed by atoms with Gasteiger partial charge in [0.1, 0.15) is 5.76 Å². The van der Waals surface area contributed by atoms with E-state index in [0.29, 0.717) is 23.6 Å². The van der Waals surface area contributed by atoms with Crippen LogP contribution >= 0.6 is 28.1 Å². The van der Waals surface area contributed by atoms with E-state index in [1.165, 1.54) is 36.4 Å². The van der Waals surface area contributed by atoms with E-state index < -0.39 is 15.9 Å². The first-order valence-electron chi connectivity index (χ1n) is 8.58. The lowest BCUT2D eigenvalue weighted by atomic mass is 10.2. The quantitative estimate of drug-likeness (QED) is 0.298. The lowest BCUT2D eigenvalue weighted by molar-refractivity contribution is 0.0943. The van der Waals surface area contributed by atoms with Crippen molar-refractivity contribution in [3.8, 4) is 0 Å². The molecule has 0 atom stereocenters. The van der Waals surface area contributed by atoms with Crippen LogP contribution in [0, 0.1) is 0 Å². The van der Waals surface area contributed by atoms with Gasteiger partial charge in [-0.1, -0.05) is 15.9 Å². The van der Waals surface area contributed by atoms with Crippen molar-refractivity contribution in [1.82, 2.24) is 16.2 Å². The lowest BCUT2D eigenvalue weighted by Crippen LogP contribution is -2.46. The maximum atomic E-state index is 12.4. The summed E-state index contributed by atoms with van der Waals surface area (Å²) in [5.74, 6) is 0.270. The summed E-state index contributed by atoms with van der Waals surface area (Å²) in [5.41, 5.74) is 5.70. The largest absolute Gasteiger partial charge is 0.467 e. The van der Waals surface area contributed by atoms with Crippen molar-refractivity contribution in [1.29, 1.82) is 0 Å². The highest BCUT2D eigenvalue weighted by atomic mass is 79.9. The Bertz CT molecular complexity index is 1120. The number of rotatable bonds is 6. The molecule has 3 aromatic rings. The van der Waals surface area contributed by atoms with Gasteiger partial charge in [-0.2, -0.15) is 0 Å². The Hall–Kier alpha value is -2.89. The zero-order valence-corrected chi connectivity index (χ0v) is 18.6. The molecule has 156 valence electrons. The predicted molar refractivity (Wildman–Crippen MR) is 120 cm³/mol. The van der Waals surface area contributed by atoms with Gasteiger partial charge in [-0.25, -0.2) is 8.42 Å². The maximum absolute atomic E-state index is 12.4. The molecular weight excluding hydrogens is 492 g/mol. The fourth-order valence-corrected chi connectivity index (χ4v) is 3.77. The summed E-state index contributed by atoms with van der Waals surface area (Å²) in [4.78, 5) is 12.3. The molecule has 8 nitrogen and oxygen atoms in total. The molecule has 0 fully saturated rings. The van der Waals surface area contributed by atoms with Crippen LogP contribution in [0.1, 0.15) is 16.1 Å². The first-order chi connectivity index (χ1) is 14.3. The summed E-state index contributed by atoms with van der Waals surface area (Å²) in [7, 11) is -3.73. The molecule has 3 rings (SSSR count). The minimum Gasteiger partial charge on any atom is -0.467 e. The summed E-state index contributed by atoms with van der Waals surface area (Å²) >= 11 is 8.34. The molecule has 0 aliphatic carbocycles. The van der Waals surface area contributed by atoms with Crippen LogP contribution in [0.3, 0.4) is 0 Å². The molecule has 0 aliphatic rings. The van der Waals surface area contributed by atoms with Crippen LogP contribution in [0.5, 0.6) is 0 Å². The number of sulfonamides is 1. The summed E-state index contributed by atoms with van der Waals surface area (Å²) < 4.78 is 33.2. The number of hydrazine groups is 1. The van der Waals surface area contributed by atoms with Crippen LogP contribution in [-0.2, 0) is 16.6 Å². The summed E-state index contributed by atoms with van der Waals surface area (Å²) in [6.07, 6.45) is 1.55. The van der Waals surface area contributed by atoms with E-state index in [9.17, 15) is 13.2 Å². The molecule has 0 aliphatic heterocycles. The van der Waals surface area contributed by atoms with E-state index in [-0.39, 0.29) is 10.0 Å². The monoisotopic (exact) mass is 508 g/mol. The molecule has 11 heteroatoms. The van der Waals surface area contributed by atoms with E-state index in [0.717, 1.165) is 4.47 Å². The fourth-order valence-electron chi connectivity index (χ4n) is 2.33. The molecular formula is C19H17BrN4O4S2. The molecule has 1 aromatic heterocycles. The van der Waals surface area contributed by atoms with Gasteiger partial charge in [0.2, 0.25) is 0 Å². The van der Waals surface area contributed by atoms with Crippen LogP contribution in [0.15, 0.2) is 80.7 Å². The number of carbonyl (C=O) groups is 1. The number of anilines is 1. The van der Waals surface area contributed by atoms with Crippen molar-refractivity contribution < 1.29 is 17.6 Å². The Morgan fingerprint density at radius 1 is 1.00 bits per heavy atom. The number of benzene rings is 2. The molecule has 0 radical (unpaired) electrons. The van der Waals surface area contributed by atoms with Crippen molar-refractivity contribution >= 4 is 54.9 Å². The Labute approximate surface area is 187 Å². The smallest absolute Gasteiger partial charge is 0.269 e. The second-order valence-electron chi connectivity index (χ2n) is 5.98. The van der Waals surface area contributed by atoms with Gasteiger partial charge in [-0.05, 0) is 72.9 Å². The van der Waals surface area contributed by atoms with Crippen LogP contribution in [0.2, 0.25) is 0 Å². The number of furan rings is 1. The number of halogens is 1. The summed E-state index contributed by atoms with van der Waals surface area (Å²) in [5, 5.41) is 3.10. The highest BCUT2D eigenvalue weighted by Crippen LogP contribution is 2.19. The van der Waals surface area contributed by atoms with Gasteiger partial charge in [0.05, 0.1) is 17.7 Å². The van der Waals surface area contributed by atoms with Gasteiger partial charge in [-0.3, -0.25) is 20.4 Å². The molecule has 1 heterocycles. The molecule has 30 heavy (non-hydrogen) atoms. The number of hydrogen-bond acceptors (Lipinski definition) is 5. The number of carbonyl (C=O) groups excluding carboxylic acids is 1. The van der Waals surface area contributed by atoms with Crippen LogP contribution < -0.4 is 20.9 Å². The van der Waals surface area contributed by atoms with Crippen molar-refractivity contribution in [3.63, 3.8) is 0 Å². The molecule has 0 bridgehead atoms. The topological polar surface area (TPSA) is 112 Å². The average Bonchev–Trinajstić information content (AvgIpc) is 3.25. The average molecular weight is 509 g/mol. The summed E-state index contributed by atoms with van der Waals surface area (Å²) in [6.45, 7) is 0.377. The third kappa shape index (κ3) is 6.05. The second-order valence-corrected chi connectivity index (χ2v) is 8.98. The Balaban J connectivity index is 1.52. The van der Waals surface area contributed by atoms with Gasteiger partial charge in [0, 0.05) is 15.7 Å². The van der Waals surface area contributed by atoms with E-state index in [4.69, 9.17) is 16.6 Å². The zero-order valence-electron chi connectivity index (χ0n) is 15.4. The zero-order chi connectivity index (χ0) is 21.6. The van der Waals surface area contributed by atoms with Crippen molar-refractivity contribution in [2.24, 2.45) is 0 Å². The van der Waals surface area contributed by atoms with Gasteiger partial charge < -0.3 is 9.73 Å². The van der Waals surface area contributed by atoms with Crippen LogP contribution in [0.4, 0.5) is 5.69 Å². The minimum atomic E-state index is -3.73. The predicted octanol–water partition coefficient (Wildman–Crippen LogP) is 3.15. The highest BCUT2D eigenvalue weighted by Gasteiger charge is 2.14. The first-order valence-corrected chi connectivity index (χ1v) is 11.3. The van der Waals surface area contributed by atoms with Crippen molar-refractivity contribution in [2.45, 2.75) is 11.4 Å². The van der Waals surface area contributed by atoms with Crippen molar-refractivity contribution in [2.75, 3.05) is 4.72 Å². The molecule has 2 aromatic carbocycles. The first kappa shape index (κ1) is 21.8. The third-order valence-corrected chi connectivity index (χ3v) is 5.99. The van der Waals surface area contributed by atoms with Crippen LogP contribution in [-0.4, -0.2) is 19.4 Å². The van der Waals surface area contributed by atoms with E-state index in [1.54, 1.807) is 30.5 Å². The molecule has 0 spiro atoms. The molecule has 0 saturated heterocycles. The molecule has 0 unspecified atom stereocenters. The van der Waals surface area contributed by atoms with Gasteiger partial charge in [0.15, 0.2) is 5.11 Å². The third-order valence-electron chi connectivity index (χ3n) is 3.82. The standard InChI is InChI=1S/C19H17BrN4O4S2/c20-14-5-9-17(10-6-14)30(26,27)24-15-7-3-13(4-8-15)18(25)22-23-19(29)21-12-16-2-1-11-28-16/h1-11,24H,12H2,(H,22,25)(H2,21,23,29). The molecule has 4 N–H and O–H groups in total. The number of thiocarbonyl (C=S) groups is 1. The summed E-state index contributed by atoms with van der Waals surface area (Å²) in [6, 6.07) is 15.8. The molecule has 1 amide bonds. The van der Waals surface area contributed by atoms with E-state index >= 15 is 0 Å².